The van der Waals surface area contributed by atoms with Crippen LogP contribution in [0.2, 0.25) is 0 Å². The molecule has 27 heavy (non-hydrogen) atoms. The third-order valence-corrected chi connectivity index (χ3v) is 5.48. The van der Waals surface area contributed by atoms with E-state index in [1.807, 2.05) is 30.3 Å². The Morgan fingerprint density at radius 3 is 2.56 bits per heavy atom. The summed E-state index contributed by atoms with van der Waals surface area (Å²) >= 11 is 0. The minimum absolute atomic E-state index is 0.0186. The maximum atomic E-state index is 14.4. The van der Waals surface area contributed by atoms with Crippen LogP contribution in [0, 0.1) is 5.92 Å². The zero-order valence-electron chi connectivity index (χ0n) is 14.5. The lowest BCUT2D eigenvalue weighted by atomic mass is 10.0. The van der Waals surface area contributed by atoms with E-state index in [-0.39, 0.29) is 37.1 Å². The normalized spacial score (nSPS) is 27.8. The molecule has 4 rings (SSSR count). The van der Waals surface area contributed by atoms with Gasteiger partial charge >= 0.3 is 6.18 Å². The van der Waals surface area contributed by atoms with Gasteiger partial charge < -0.3 is 4.90 Å². The summed E-state index contributed by atoms with van der Waals surface area (Å²) in [6.45, 7) is 1.35. The number of rotatable bonds is 2. The summed E-state index contributed by atoms with van der Waals surface area (Å²) in [5.41, 5.74) is 0.842. The van der Waals surface area contributed by atoms with Gasteiger partial charge in [0.25, 0.3) is 5.91 Å². The number of alkyl halides is 4. The fourth-order valence-corrected chi connectivity index (χ4v) is 4.01. The smallest absolute Gasteiger partial charge is 0.333 e. The van der Waals surface area contributed by atoms with Crippen LogP contribution in [0.15, 0.2) is 30.3 Å². The molecule has 0 saturated carbocycles. The number of aromatic nitrogens is 3. The Hall–Kier alpha value is -2.45. The van der Waals surface area contributed by atoms with Gasteiger partial charge in [-0.1, -0.05) is 30.3 Å². The van der Waals surface area contributed by atoms with Crippen LogP contribution in [0.25, 0.3) is 0 Å². The van der Waals surface area contributed by atoms with Crippen molar-refractivity contribution in [3.05, 3.63) is 47.5 Å². The molecular weight excluding hydrogens is 364 g/mol. The summed E-state index contributed by atoms with van der Waals surface area (Å²) in [6, 6.07) is 7.79. The quantitative estimate of drug-likeness (QED) is 0.745. The fourth-order valence-electron chi connectivity index (χ4n) is 4.01. The molecule has 1 saturated heterocycles. The van der Waals surface area contributed by atoms with Gasteiger partial charge in [0.15, 0.2) is 12.0 Å². The van der Waals surface area contributed by atoms with Gasteiger partial charge in [0.1, 0.15) is 0 Å². The Morgan fingerprint density at radius 2 is 1.93 bits per heavy atom. The molecule has 0 radical (unpaired) electrons. The summed E-state index contributed by atoms with van der Waals surface area (Å²) in [5, 5.41) is 4.16. The number of likely N-dealkylation sites (tertiary alicyclic amines) is 1. The van der Waals surface area contributed by atoms with E-state index >= 15 is 0 Å². The van der Waals surface area contributed by atoms with Crippen molar-refractivity contribution in [1.82, 2.24) is 19.7 Å². The molecule has 1 aromatic carbocycles. The Morgan fingerprint density at radius 1 is 1.22 bits per heavy atom. The van der Waals surface area contributed by atoms with Gasteiger partial charge in [-0.25, -0.2) is 14.1 Å². The molecular formula is C18H18F4N4O. The number of hydrogen-bond donors (Lipinski definition) is 0. The first-order valence-electron chi connectivity index (χ1n) is 8.80. The molecule has 1 aromatic heterocycles. The maximum Gasteiger partial charge on any atom is 0.393 e. The van der Waals surface area contributed by atoms with E-state index in [4.69, 9.17) is 0 Å². The van der Waals surface area contributed by atoms with Crippen LogP contribution in [-0.2, 0) is 0 Å². The highest BCUT2D eigenvalue weighted by Gasteiger charge is 2.50. The van der Waals surface area contributed by atoms with Crippen LogP contribution in [0.4, 0.5) is 17.6 Å². The summed E-state index contributed by atoms with van der Waals surface area (Å²) in [6.07, 6.45) is -5.71. The van der Waals surface area contributed by atoms with Gasteiger partial charge in [-0.3, -0.25) is 4.79 Å². The monoisotopic (exact) mass is 382 g/mol. The van der Waals surface area contributed by atoms with Crippen molar-refractivity contribution in [2.45, 2.75) is 44.2 Å². The Kier molecular flexibility index (Phi) is 4.20. The first-order chi connectivity index (χ1) is 12.8. The molecule has 0 spiro atoms. The average Bonchev–Trinajstić information content (AvgIpc) is 3.29. The lowest BCUT2D eigenvalue weighted by Crippen LogP contribution is -2.40. The van der Waals surface area contributed by atoms with E-state index in [0.717, 1.165) is 10.5 Å². The van der Waals surface area contributed by atoms with Crippen molar-refractivity contribution >= 4 is 5.91 Å². The number of hydrogen-bond acceptors (Lipinski definition) is 3. The molecule has 144 valence electrons. The first-order valence-corrected chi connectivity index (χ1v) is 8.80. The first kappa shape index (κ1) is 17.9. The largest absolute Gasteiger partial charge is 0.393 e. The highest BCUT2D eigenvalue weighted by molar-refractivity contribution is 5.91. The third-order valence-electron chi connectivity index (χ3n) is 5.48. The number of carbonyl (C=O) groups excluding carboxylic acids is 1. The van der Waals surface area contributed by atoms with Gasteiger partial charge in [0.2, 0.25) is 5.82 Å². The molecule has 0 aliphatic carbocycles. The second-order valence-corrected chi connectivity index (χ2v) is 7.04. The molecule has 0 bridgehead atoms. The SMILES string of the molecule is C[C@H]1C(C(F)(F)F)CCN1C(=O)c1nc2n(n1)[C@H](c1ccccc1)C[C@@H]2F. The van der Waals surface area contributed by atoms with Crippen molar-refractivity contribution in [3.63, 3.8) is 0 Å². The van der Waals surface area contributed by atoms with Crippen LogP contribution in [0.3, 0.4) is 0 Å². The lowest BCUT2D eigenvalue weighted by Gasteiger charge is -2.25. The van der Waals surface area contributed by atoms with E-state index in [1.54, 1.807) is 0 Å². The van der Waals surface area contributed by atoms with Crippen LogP contribution in [-0.4, -0.2) is 44.3 Å². The second-order valence-electron chi connectivity index (χ2n) is 7.04. The Labute approximate surface area is 153 Å². The van der Waals surface area contributed by atoms with Gasteiger partial charge in [-0.15, -0.1) is 5.10 Å². The van der Waals surface area contributed by atoms with Crippen molar-refractivity contribution in [1.29, 1.82) is 0 Å². The third kappa shape index (κ3) is 2.98. The van der Waals surface area contributed by atoms with Gasteiger partial charge in [-0.2, -0.15) is 13.2 Å². The molecule has 2 aromatic rings. The zero-order valence-corrected chi connectivity index (χ0v) is 14.5. The van der Waals surface area contributed by atoms with Gasteiger partial charge in [0, 0.05) is 19.0 Å². The second kappa shape index (κ2) is 6.31. The van der Waals surface area contributed by atoms with Crippen LogP contribution in [0.1, 0.15) is 54.0 Å². The lowest BCUT2D eigenvalue weighted by molar-refractivity contribution is -0.177. The maximum absolute atomic E-state index is 14.4. The number of benzene rings is 1. The van der Waals surface area contributed by atoms with Gasteiger partial charge in [0.05, 0.1) is 12.0 Å². The van der Waals surface area contributed by atoms with Crippen LogP contribution < -0.4 is 0 Å². The predicted octanol–water partition coefficient (Wildman–Crippen LogP) is 3.69. The van der Waals surface area contributed by atoms with Crippen molar-refractivity contribution in [3.8, 4) is 0 Å². The molecule has 3 heterocycles. The minimum Gasteiger partial charge on any atom is -0.333 e. The molecule has 0 N–H and O–H groups in total. The van der Waals surface area contributed by atoms with Gasteiger partial charge in [-0.05, 0) is 18.9 Å². The zero-order chi connectivity index (χ0) is 19.3. The number of nitrogens with zero attached hydrogens (tertiary/aromatic N) is 4. The van der Waals surface area contributed by atoms with Crippen molar-refractivity contribution in [2.75, 3.05) is 6.54 Å². The van der Waals surface area contributed by atoms with E-state index in [0.29, 0.717) is 0 Å². The molecule has 1 unspecified atom stereocenters. The highest BCUT2D eigenvalue weighted by atomic mass is 19.4. The summed E-state index contributed by atoms with van der Waals surface area (Å²) < 4.78 is 54.9. The molecule has 4 atom stereocenters. The highest BCUT2D eigenvalue weighted by Crippen LogP contribution is 2.41. The molecule has 9 heteroatoms. The standard InChI is InChI=1S/C18H18F4N4O/c1-10-12(18(20,21)22)7-8-25(10)17(27)15-23-16-13(19)9-14(26(16)24-15)11-5-3-2-4-6-11/h2-6,10,12-14H,7-9H2,1H3/t10-,12?,13-,14-/m0/s1. The molecule has 2 aliphatic heterocycles. The van der Waals surface area contributed by atoms with Crippen LogP contribution in [0.5, 0.6) is 0 Å². The predicted molar refractivity (Wildman–Crippen MR) is 87.7 cm³/mol. The Bertz CT molecular complexity index is 851. The van der Waals surface area contributed by atoms with Crippen molar-refractivity contribution in [2.24, 2.45) is 5.92 Å². The molecule has 1 fully saturated rings. The number of carbonyl (C=O) groups is 1. The molecule has 1 amide bonds. The Balaban J connectivity index is 1.60. The average molecular weight is 382 g/mol. The summed E-state index contributed by atoms with van der Waals surface area (Å²) in [5.74, 6) is -2.45. The van der Waals surface area contributed by atoms with E-state index < -0.39 is 30.2 Å². The molecule has 5 nitrogen and oxygen atoms in total. The summed E-state index contributed by atoms with van der Waals surface area (Å²) in [4.78, 5) is 17.8. The van der Waals surface area contributed by atoms with Crippen molar-refractivity contribution < 1.29 is 22.4 Å². The van der Waals surface area contributed by atoms with E-state index in [9.17, 15) is 22.4 Å². The number of amides is 1. The number of fused-ring (bicyclic) bond motifs is 1. The fraction of sp³-hybridized carbons (Fsp3) is 0.500. The minimum atomic E-state index is -4.36. The molecule has 2 aliphatic rings. The number of halogens is 4. The van der Waals surface area contributed by atoms with Crippen LogP contribution >= 0.6 is 0 Å². The topological polar surface area (TPSA) is 51.0 Å². The van der Waals surface area contributed by atoms with E-state index in [1.165, 1.54) is 11.6 Å². The van der Waals surface area contributed by atoms with E-state index in [2.05, 4.69) is 10.1 Å². The summed E-state index contributed by atoms with van der Waals surface area (Å²) in [7, 11) is 0.